The highest BCUT2D eigenvalue weighted by Crippen LogP contribution is 2.19. The molecule has 0 unspecified atom stereocenters. The Hall–Kier alpha value is -2.12. The lowest BCUT2D eigenvalue weighted by molar-refractivity contribution is 0.602. The second kappa shape index (κ2) is 5.94. The van der Waals surface area contributed by atoms with Gasteiger partial charge in [-0.25, -0.2) is 8.42 Å². The molecule has 0 aliphatic heterocycles. The molecule has 0 saturated carbocycles. The van der Waals surface area contributed by atoms with E-state index in [9.17, 15) is 8.42 Å². The largest absolute Gasteiger partial charge is 0.272 e. The third kappa shape index (κ3) is 3.37. The van der Waals surface area contributed by atoms with Crippen LogP contribution in [-0.2, 0) is 16.6 Å². The summed E-state index contributed by atoms with van der Waals surface area (Å²) in [7, 11) is -3.54. The van der Waals surface area contributed by atoms with E-state index in [-0.39, 0.29) is 4.21 Å². The Morgan fingerprint density at radius 2 is 1.95 bits per heavy atom. The van der Waals surface area contributed by atoms with Crippen LogP contribution in [0, 0.1) is 6.92 Å². The summed E-state index contributed by atoms with van der Waals surface area (Å²) in [6, 6.07) is 13.1. The number of nitrogens with zero attached hydrogens (tertiary/aromatic N) is 2. The van der Waals surface area contributed by atoms with Gasteiger partial charge < -0.3 is 0 Å². The van der Waals surface area contributed by atoms with E-state index < -0.39 is 10.0 Å². The highest BCUT2D eigenvalue weighted by atomic mass is 32.2. The summed E-state index contributed by atoms with van der Waals surface area (Å²) in [6.45, 7) is 2.64. The molecule has 2 aromatic heterocycles. The molecule has 22 heavy (non-hydrogen) atoms. The van der Waals surface area contributed by atoms with Crippen molar-refractivity contribution in [2.75, 3.05) is 4.72 Å². The van der Waals surface area contributed by atoms with Gasteiger partial charge in [0.1, 0.15) is 4.21 Å². The molecule has 0 aliphatic rings. The number of anilines is 1. The fraction of sp³-hybridized carbons (Fsp3) is 0.133. The standard InChI is InChI=1S/C15H15N3O2S2/c1-12-4-6-13(7-5-12)11-18-9-8-14(16-18)17-22(19,20)15-3-2-10-21-15/h2-10H,11H2,1H3,(H,16,17). The number of aromatic nitrogens is 2. The fourth-order valence-electron chi connectivity index (χ4n) is 1.99. The van der Waals surface area contributed by atoms with Gasteiger partial charge in [-0.15, -0.1) is 11.3 Å². The van der Waals surface area contributed by atoms with E-state index in [1.807, 2.05) is 31.2 Å². The van der Waals surface area contributed by atoms with Gasteiger partial charge in [0.25, 0.3) is 10.0 Å². The van der Waals surface area contributed by atoms with E-state index in [0.717, 1.165) is 5.56 Å². The lowest BCUT2D eigenvalue weighted by Crippen LogP contribution is -2.12. The van der Waals surface area contributed by atoms with Gasteiger partial charge in [-0.2, -0.15) is 5.10 Å². The van der Waals surface area contributed by atoms with E-state index in [1.165, 1.54) is 16.9 Å². The molecule has 0 aliphatic carbocycles. The molecule has 5 nitrogen and oxygen atoms in total. The summed E-state index contributed by atoms with van der Waals surface area (Å²) in [4.78, 5) is 0. The van der Waals surface area contributed by atoms with Gasteiger partial charge >= 0.3 is 0 Å². The lowest BCUT2D eigenvalue weighted by Gasteiger charge is -2.04. The van der Waals surface area contributed by atoms with Gasteiger partial charge in [-0.3, -0.25) is 9.40 Å². The monoisotopic (exact) mass is 333 g/mol. The van der Waals surface area contributed by atoms with E-state index >= 15 is 0 Å². The second-order valence-electron chi connectivity index (χ2n) is 4.92. The Kier molecular flexibility index (Phi) is 4.00. The van der Waals surface area contributed by atoms with Crippen molar-refractivity contribution in [3.05, 3.63) is 65.2 Å². The van der Waals surface area contributed by atoms with Crippen molar-refractivity contribution in [2.45, 2.75) is 17.7 Å². The van der Waals surface area contributed by atoms with Crippen LogP contribution in [-0.4, -0.2) is 18.2 Å². The quantitative estimate of drug-likeness (QED) is 0.780. The minimum Gasteiger partial charge on any atom is -0.266 e. The van der Waals surface area contributed by atoms with Crippen molar-refractivity contribution in [2.24, 2.45) is 0 Å². The molecule has 0 atom stereocenters. The molecule has 1 N–H and O–H groups in total. The number of benzene rings is 1. The van der Waals surface area contributed by atoms with Gasteiger partial charge in [0.2, 0.25) is 0 Å². The normalized spacial score (nSPS) is 11.5. The molecule has 3 aromatic rings. The summed E-state index contributed by atoms with van der Waals surface area (Å²) >= 11 is 1.17. The first-order valence-electron chi connectivity index (χ1n) is 6.68. The summed E-state index contributed by atoms with van der Waals surface area (Å²) in [6.07, 6.45) is 1.76. The molecular formula is C15H15N3O2S2. The van der Waals surface area contributed by atoms with E-state index in [0.29, 0.717) is 12.4 Å². The first-order chi connectivity index (χ1) is 10.5. The molecule has 0 bridgehead atoms. The summed E-state index contributed by atoms with van der Waals surface area (Å²) in [5.74, 6) is 0.320. The first-order valence-corrected chi connectivity index (χ1v) is 9.04. The van der Waals surface area contributed by atoms with Crippen LogP contribution in [0.2, 0.25) is 0 Å². The molecular weight excluding hydrogens is 318 g/mol. The zero-order chi connectivity index (χ0) is 15.6. The van der Waals surface area contributed by atoms with E-state index in [1.54, 1.807) is 34.5 Å². The first kappa shape index (κ1) is 14.8. The van der Waals surface area contributed by atoms with Crippen molar-refractivity contribution >= 4 is 27.2 Å². The van der Waals surface area contributed by atoms with Crippen LogP contribution < -0.4 is 4.72 Å². The minimum absolute atomic E-state index is 0.278. The Labute approximate surface area is 133 Å². The summed E-state index contributed by atoms with van der Waals surface area (Å²) in [5, 5.41) is 5.98. The Balaban J connectivity index is 1.73. The fourth-order valence-corrected chi connectivity index (χ4v) is 3.98. The number of aryl methyl sites for hydroxylation is 1. The van der Waals surface area contributed by atoms with Crippen LogP contribution in [0.15, 0.2) is 58.3 Å². The average molecular weight is 333 g/mol. The molecule has 7 heteroatoms. The van der Waals surface area contributed by atoms with Crippen LogP contribution in [0.4, 0.5) is 5.82 Å². The molecule has 114 valence electrons. The number of sulfonamides is 1. The highest BCUT2D eigenvalue weighted by Gasteiger charge is 2.16. The van der Waals surface area contributed by atoms with Crippen LogP contribution in [0.25, 0.3) is 0 Å². The van der Waals surface area contributed by atoms with Gasteiger partial charge in [0.05, 0.1) is 6.54 Å². The highest BCUT2D eigenvalue weighted by molar-refractivity contribution is 7.94. The minimum atomic E-state index is -3.54. The summed E-state index contributed by atoms with van der Waals surface area (Å²) < 4.78 is 28.7. The number of hydrogen-bond donors (Lipinski definition) is 1. The zero-order valence-electron chi connectivity index (χ0n) is 11.9. The molecule has 1 aromatic carbocycles. The van der Waals surface area contributed by atoms with Crippen LogP contribution >= 0.6 is 11.3 Å². The topological polar surface area (TPSA) is 64.0 Å². The predicted octanol–water partition coefficient (Wildman–Crippen LogP) is 3.10. The SMILES string of the molecule is Cc1ccc(Cn2ccc(NS(=O)(=O)c3cccs3)n2)cc1. The zero-order valence-corrected chi connectivity index (χ0v) is 13.6. The Morgan fingerprint density at radius 3 is 2.64 bits per heavy atom. The molecule has 0 amide bonds. The van der Waals surface area contributed by atoms with Crippen molar-refractivity contribution in [1.82, 2.24) is 9.78 Å². The van der Waals surface area contributed by atoms with Gasteiger partial charge in [0.15, 0.2) is 5.82 Å². The molecule has 3 rings (SSSR count). The van der Waals surface area contributed by atoms with Gasteiger partial charge in [-0.1, -0.05) is 35.9 Å². The maximum atomic E-state index is 12.1. The van der Waals surface area contributed by atoms with Gasteiger partial charge in [-0.05, 0) is 23.9 Å². The van der Waals surface area contributed by atoms with Crippen LogP contribution in [0.5, 0.6) is 0 Å². The molecule has 0 saturated heterocycles. The maximum Gasteiger partial charge on any atom is 0.272 e. The Morgan fingerprint density at radius 1 is 1.18 bits per heavy atom. The van der Waals surface area contributed by atoms with Crippen LogP contribution in [0.1, 0.15) is 11.1 Å². The second-order valence-corrected chi connectivity index (χ2v) is 7.78. The van der Waals surface area contributed by atoms with E-state index in [4.69, 9.17) is 0 Å². The number of nitrogens with one attached hydrogen (secondary N) is 1. The van der Waals surface area contributed by atoms with Crippen molar-refractivity contribution in [3.8, 4) is 0 Å². The van der Waals surface area contributed by atoms with Crippen LogP contribution in [0.3, 0.4) is 0 Å². The Bertz CT molecular complexity index is 851. The average Bonchev–Trinajstić information content (AvgIpc) is 3.13. The smallest absolute Gasteiger partial charge is 0.266 e. The third-order valence-corrected chi connectivity index (χ3v) is 5.86. The summed E-state index contributed by atoms with van der Waals surface area (Å²) in [5.41, 5.74) is 2.31. The molecule has 2 heterocycles. The molecule has 0 spiro atoms. The molecule has 0 fully saturated rings. The molecule has 0 radical (unpaired) electrons. The van der Waals surface area contributed by atoms with E-state index in [2.05, 4.69) is 9.82 Å². The number of rotatable bonds is 5. The maximum absolute atomic E-state index is 12.1. The van der Waals surface area contributed by atoms with Gasteiger partial charge in [0, 0.05) is 12.3 Å². The van der Waals surface area contributed by atoms with Crippen molar-refractivity contribution in [1.29, 1.82) is 0 Å². The van der Waals surface area contributed by atoms with Crippen molar-refractivity contribution < 1.29 is 8.42 Å². The third-order valence-electron chi connectivity index (χ3n) is 3.10. The number of thiophene rings is 1. The number of hydrogen-bond acceptors (Lipinski definition) is 4. The van der Waals surface area contributed by atoms with Crippen molar-refractivity contribution in [3.63, 3.8) is 0 Å². The lowest BCUT2D eigenvalue weighted by atomic mass is 10.1. The predicted molar refractivity (Wildman–Crippen MR) is 87.6 cm³/mol.